The van der Waals surface area contributed by atoms with Crippen LogP contribution >= 0.6 is 11.8 Å². The molecule has 24 heavy (non-hydrogen) atoms. The lowest BCUT2D eigenvalue weighted by Gasteiger charge is -2.18. The number of thioether (sulfide) groups is 1. The van der Waals surface area contributed by atoms with Crippen LogP contribution in [0.2, 0.25) is 0 Å². The summed E-state index contributed by atoms with van der Waals surface area (Å²) in [4.78, 5) is 12.2. The molecule has 3 heteroatoms. The van der Waals surface area contributed by atoms with Gasteiger partial charge in [-0.25, -0.2) is 0 Å². The largest absolute Gasteiger partial charge is 0.349 e. The molecule has 1 atom stereocenters. The van der Waals surface area contributed by atoms with Crippen molar-refractivity contribution in [2.75, 3.05) is 5.75 Å². The Morgan fingerprint density at radius 3 is 2.38 bits per heavy atom. The van der Waals surface area contributed by atoms with Crippen molar-refractivity contribution >= 4 is 17.7 Å². The van der Waals surface area contributed by atoms with Gasteiger partial charge in [0.1, 0.15) is 0 Å². The van der Waals surface area contributed by atoms with Crippen LogP contribution < -0.4 is 5.32 Å². The first-order chi connectivity index (χ1) is 11.4. The maximum absolute atomic E-state index is 12.2. The van der Waals surface area contributed by atoms with Crippen LogP contribution in [0.25, 0.3) is 0 Å². The molecule has 0 aliphatic carbocycles. The first-order valence-corrected chi connectivity index (χ1v) is 9.53. The average Bonchev–Trinajstić information content (AvgIpc) is 2.52. The molecule has 2 nitrogen and oxygen atoms in total. The monoisotopic (exact) mass is 341 g/mol. The Bertz CT molecular complexity index is 724. The molecule has 0 fully saturated rings. The third-order valence-corrected chi connectivity index (χ3v) is 5.46. The number of hydrogen-bond acceptors (Lipinski definition) is 2. The van der Waals surface area contributed by atoms with E-state index in [2.05, 4.69) is 64.2 Å². The van der Waals surface area contributed by atoms with E-state index in [4.69, 9.17) is 0 Å². The highest BCUT2D eigenvalue weighted by Gasteiger charge is 2.13. The fourth-order valence-electron chi connectivity index (χ4n) is 2.84. The Kier molecular flexibility index (Phi) is 6.50. The number of amides is 1. The average molecular weight is 342 g/mol. The van der Waals surface area contributed by atoms with E-state index in [1.807, 2.05) is 12.1 Å². The van der Waals surface area contributed by atoms with Crippen molar-refractivity contribution < 1.29 is 4.79 Å². The van der Waals surface area contributed by atoms with Crippen LogP contribution in [0.4, 0.5) is 0 Å². The van der Waals surface area contributed by atoms with Gasteiger partial charge in [0.25, 0.3) is 0 Å². The molecule has 2 aromatic rings. The Labute approximate surface area is 150 Å². The number of rotatable bonds is 6. The topological polar surface area (TPSA) is 29.1 Å². The highest BCUT2D eigenvalue weighted by molar-refractivity contribution is 7.99. The zero-order chi connectivity index (χ0) is 17.7. The van der Waals surface area contributed by atoms with E-state index >= 15 is 0 Å². The molecule has 0 unspecified atom stereocenters. The molecule has 2 rings (SSSR count). The van der Waals surface area contributed by atoms with Crippen molar-refractivity contribution in [1.29, 1.82) is 0 Å². The molecule has 1 N–H and O–H groups in total. The minimum absolute atomic E-state index is 0.0378. The van der Waals surface area contributed by atoms with E-state index in [9.17, 15) is 4.79 Å². The zero-order valence-corrected chi connectivity index (χ0v) is 16.1. The van der Waals surface area contributed by atoms with Crippen LogP contribution in [0.3, 0.4) is 0 Å². The van der Waals surface area contributed by atoms with Crippen LogP contribution in [0, 0.1) is 27.7 Å². The summed E-state index contributed by atoms with van der Waals surface area (Å²) in [5.74, 6) is 1.46. The fraction of sp³-hybridized carbons (Fsp3) is 0.381. The highest BCUT2D eigenvalue weighted by atomic mass is 32.2. The molecular weight excluding hydrogens is 314 g/mol. The first kappa shape index (κ1) is 18.6. The molecule has 2 aromatic carbocycles. The van der Waals surface area contributed by atoms with Crippen LogP contribution in [-0.2, 0) is 10.5 Å². The predicted molar refractivity (Wildman–Crippen MR) is 105 cm³/mol. The first-order valence-electron chi connectivity index (χ1n) is 8.38. The van der Waals surface area contributed by atoms with E-state index in [0.29, 0.717) is 5.75 Å². The van der Waals surface area contributed by atoms with E-state index in [-0.39, 0.29) is 11.9 Å². The van der Waals surface area contributed by atoms with Gasteiger partial charge in [-0.15, -0.1) is 11.8 Å². The second kappa shape index (κ2) is 8.39. The minimum Gasteiger partial charge on any atom is -0.349 e. The fourth-order valence-corrected chi connectivity index (χ4v) is 3.75. The van der Waals surface area contributed by atoms with Gasteiger partial charge in [-0.2, -0.15) is 0 Å². The summed E-state index contributed by atoms with van der Waals surface area (Å²) >= 11 is 1.66. The second-order valence-electron chi connectivity index (χ2n) is 6.50. The van der Waals surface area contributed by atoms with Crippen molar-refractivity contribution in [2.24, 2.45) is 0 Å². The number of benzene rings is 2. The second-order valence-corrected chi connectivity index (χ2v) is 7.49. The van der Waals surface area contributed by atoms with Gasteiger partial charge in [0.05, 0.1) is 11.8 Å². The zero-order valence-electron chi connectivity index (χ0n) is 15.3. The molecule has 0 aliphatic rings. The lowest BCUT2D eigenvalue weighted by atomic mass is 9.96. The normalized spacial score (nSPS) is 12.0. The molecule has 0 radical (unpaired) electrons. The quantitative estimate of drug-likeness (QED) is 0.798. The van der Waals surface area contributed by atoms with Gasteiger partial charge in [0, 0.05) is 5.75 Å². The molecule has 0 aromatic heterocycles. The molecule has 0 heterocycles. The summed E-state index contributed by atoms with van der Waals surface area (Å²) in [6, 6.07) is 12.8. The molecule has 128 valence electrons. The van der Waals surface area contributed by atoms with Crippen molar-refractivity contribution in [3.8, 4) is 0 Å². The predicted octanol–water partition coefficient (Wildman–Crippen LogP) is 5.03. The van der Waals surface area contributed by atoms with Crippen molar-refractivity contribution in [3.05, 3.63) is 69.8 Å². The summed E-state index contributed by atoms with van der Waals surface area (Å²) in [6.45, 7) is 10.5. The van der Waals surface area contributed by atoms with E-state index in [1.54, 1.807) is 11.8 Å². The number of carbonyl (C=O) groups excluding carboxylic acids is 1. The lowest BCUT2D eigenvalue weighted by molar-refractivity contribution is -0.119. The van der Waals surface area contributed by atoms with Gasteiger partial charge in [0.15, 0.2) is 0 Å². The van der Waals surface area contributed by atoms with Gasteiger partial charge in [-0.1, -0.05) is 36.4 Å². The highest BCUT2D eigenvalue weighted by Crippen LogP contribution is 2.22. The minimum atomic E-state index is 0.0378. The molecular formula is C21H27NOS. The number of hydrogen-bond donors (Lipinski definition) is 1. The number of nitrogens with one attached hydrogen (secondary N) is 1. The standard InChI is InChI=1S/C21H27NOS/c1-14-8-6-7-9-19(14)12-24-13-21(23)22-18(5)20-11-16(3)15(2)10-17(20)4/h6-11,18H,12-13H2,1-5H3,(H,22,23)/t18-/m1/s1. The van der Waals surface area contributed by atoms with Crippen molar-refractivity contribution in [3.63, 3.8) is 0 Å². The van der Waals surface area contributed by atoms with Crippen molar-refractivity contribution in [2.45, 2.75) is 46.4 Å². The van der Waals surface area contributed by atoms with Gasteiger partial charge in [0.2, 0.25) is 5.91 Å². The van der Waals surface area contributed by atoms with Crippen LogP contribution in [0.1, 0.15) is 46.3 Å². The Balaban J connectivity index is 1.88. The molecule has 0 bridgehead atoms. The molecule has 0 spiro atoms. The van der Waals surface area contributed by atoms with Crippen LogP contribution in [0.15, 0.2) is 36.4 Å². The molecule has 0 aliphatic heterocycles. The summed E-state index contributed by atoms with van der Waals surface area (Å²) in [7, 11) is 0. The Hall–Kier alpha value is -1.74. The maximum atomic E-state index is 12.2. The number of carbonyl (C=O) groups is 1. The van der Waals surface area contributed by atoms with E-state index in [0.717, 1.165) is 5.75 Å². The van der Waals surface area contributed by atoms with Gasteiger partial charge in [-0.05, 0) is 68.0 Å². The Morgan fingerprint density at radius 1 is 1.00 bits per heavy atom. The maximum Gasteiger partial charge on any atom is 0.230 e. The molecule has 1 amide bonds. The van der Waals surface area contributed by atoms with Crippen LogP contribution in [0.5, 0.6) is 0 Å². The SMILES string of the molecule is Cc1cc(C)c([C@@H](C)NC(=O)CSCc2ccccc2C)cc1C. The smallest absolute Gasteiger partial charge is 0.230 e. The van der Waals surface area contributed by atoms with Gasteiger partial charge >= 0.3 is 0 Å². The third-order valence-electron chi connectivity index (χ3n) is 4.48. The van der Waals surface area contributed by atoms with Crippen LogP contribution in [-0.4, -0.2) is 11.7 Å². The summed E-state index contributed by atoms with van der Waals surface area (Å²) in [5.41, 5.74) is 7.58. The van der Waals surface area contributed by atoms with E-state index < -0.39 is 0 Å². The van der Waals surface area contributed by atoms with E-state index in [1.165, 1.54) is 33.4 Å². The molecule has 0 saturated heterocycles. The number of aryl methyl sites for hydroxylation is 4. The summed E-state index contributed by atoms with van der Waals surface area (Å²) in [5, 5.41) is 3.12. The lowest BCUT2D eigenvalue weighted by Crippen LogP contribution is -2.28. The third kappa shape index (κ3) is 4.88. The van der Waals surface area contributed by atoms with Crippen molar-refractivity contribution in [1.82, 2.24) is 5.32 Å². The molecule has 0 saturated carbocycles. The summed E-state index contributed by atoms with van der Waals surface area (Å²) < 4.78 is 0. The summed E-state index contributed by atoms with van der Waals surface area (Å²) in [6.07, 6.45) is 0. The Morgan fingerprint density at radius 2 is 1.67 bits per heavy atom. The van der Waals surface area contributed by atoms with Gasteiger partial charge < -0.3 is 5.32 Å². The van der Waals surface area contributed by atoms with Gasteiger partial charge in [-0.3, -0.25) is 4.79 Å².